The molecule has 11 heteroatoms. The number of carbonyl (C=O) groups is 2. The van der Waals surface area contributed by atoms with Gasteiger partial charge in [0.1, 0.15) is 0 Å². The number of amides is 1. The van der Waals surface area contributed by atoms with Crippen molar-refractivity contribution in [2.45, 2.75) is 50.0 Å². The number of para-hydroxylation sites is 1. The summed E-state index contributed by atoms with van der Waals surface area (Å²) in [6.45, 7) is 2.63. The number of nitrogens with one attached hydrogen (secondary N) is 1. The van der Waals surface area contributed by atoms with Gasteiger partial charge < -0.3 is 27.0 Å². The first-order chi connectivity index (χ1) is 19.9. The van der Waals surface area contributed by atoms with Gasteiger partial charge in [-0.1, -0.05) is 30.3 Å². The van der Waals surface area contributed by atoms with Crippen molar-refractivity contribution in [3.63, 3.8) is 0 Å². The number of likely N-dealkylation sites (N-methyl/N-ethyl adjacent to an activating group) is 1. The highest BCUT2D eigenvalue weighted by molar-refractivity contribution is 5.92. The summed E-state index contributed by atoms with van der Waals surface area (Å²) in [4.78, 5) is 31.2. The summed E-state index contributed by atoms with van der Waals surface area (Å²) in [7, 11) is 2.12. The number of benzene rings is 2. The third-order valence-electron chi connectivity index (χ3n) is 8.57. The van der Waals surface area contributed by atoms with E-state index in [0.29, 0.717) is 30.3 Å². The smallest absolute Gasteiger partial charge is 0.345 e. The van der Waals surface area contributed by atoms with Crippen LogP contribution in [0.15, 0.2) is 60.8 Å². The SMILES string of the molecule is C[N+](CCN)(CCN)C1CC([C@H](N)C(=O)N[C@@H](Cc2ccc(C(F)(F)F)cc2)C(=O)Cc2cnc3ccccc3c2)C1. The van der Waals surface area contributed by atoms with E-state index in [0.717, 1.165) is 53.4 Å². The molecule has 1 aromatic heterocycles. The average molecular weight is 586 g/mol. The number of hydrogen-bond acceptors (Lipinski definition) is 6. The highest BCUT2D eigenvalue weighted by Gasteiger charge is 2.46. The minimum absolute atomic E-state index is 0.00182. The summed E-state index contributed by atoms with van der Waals surface area (Å²) >= 11 is 0. The molecule has 3 aromatic rings. The monoisotopic (exact) mass is 585 g/mol. The Bertz CT molecular complexity index is 1370. The normalized spacial score (nSPS) is 18.7. The number of carbonyl (C=O) groups excluding carboxylic acids is 2. The number of quaternary nitrogens is 1. The molecule has 226 valence electrons. The van der Waals surface area contributed by atoms with E-state index in [1.54, 1.807) is 6.20 Å². The second-order valence-corrected chi connectivity index (χ2v) is 11.6. The van der Waals surface area contributed by atoms with E-state index in [1.165, 1.54) is 12.1 Å². The Kier molecular flexibility index (Phi) is 9.98. The number of rotatable bonds is 13. The fourth-order valence-corrected chi connectivity index (χ4v) is 5.83. The minimum Gasteiger partial charge on any atom is -0.345 e. The Morgan fingerprint density at radius 3 is 2.29 bits per heavy atom. The molecule has 0 aliphatic heterocycles. The first kappa shape index (κ1) is 31.6. The van der Waals surface area contributed by atoms with Crippen LogP contribution in [-0.4, -0.2) is 72.5 Å². The minimum atomic E-state index is -4.47. The third kappa shape index (κ3) is 7.52. The maximum atomic E-state index is 13.5. The van der Waals surface area contributed by atoms with Gasteiger partial charge in [0, 0.05) is 43.9 Å². The molecule has 0 spiro atoms. The molecule has 1 amide bonds. The van der Waals surface area contributed by atoms with Gasteiger partial charge in [-0.3, -0.25) is 14.6 Å². The molecule has 0 saturated heterocycles. The molecule has 8 nitrogen and oxygen atoms in total. The summed E-state index contributed by atoms with van der Waals surface area (Å²) in [6.07, 6.45) is -1.34. The quantitative estimate of drug-likeness (QED) is 0.228. The van der Waals surface area contributed by atoms with Gasteiger partial charge in [0.05, 0.1) is 49.3 Å². The van der Waals surface area contributed by atoms with E-state index < -0.39 is 29.7 Å². The van der Waals surface area contributed by atoms with Crippen LogP contribution in [0.3, 0.4) is 0 Å². The Labute approximate surface area is 244 Å². The fourth-order valence-electron chi connectivity index (χ4n) is 5.83. The van der Waals surface area contributed by atoms with Crippen LogP contribution in [0.25, 0.3) is 10.9 Å². The van der Waals surface area contributed by atoms with Crippen LogP contribution < -0.4 is 22.5 Å². The lowest BCUT2D eigenvalue weighted by atomic mass is 9.73. The molecular formula is C31H40F3N6O2+. The van der Waals surface area contributed by atoms with Gasteiger partial charge in [-0.05, 0) is 47.7 Å². The van der Waals surface area contributed by atoms with E-state index in [9.17, 15) is 22.8 Å². The predicted molar refractivity (Wildman–Crippen MR) is 156 cm³/mol. The fraction of sp³-hybridized carbons (Fsp3) is 0.452. The predicted octanol–water partition coefficient (Wildman–Crippen LogP) is 2.56. The van der Waals surface area contributed by atoms with E-state index in [2.05, 4.69) is 17.3 Å². The van der Waals surface area contributed by atoms with Crippen LogP contribution in [0.1, 0.15) is 29.5 Å². The zero-order valence-electron chi connectivity index (χ0n) is 23.8. The molecular weight excluding hydrogens is 545 g/mol. The maximum Gasteiger partial charge on any atom is 0.416 e. The van der Waals surface area contributed by atoms with Crippen LogP contribution in [0.4, 0.5) is 13.2 Å². The molecule has 0 radical (unpaired) electrons. The summed E-state index contributed by atoms with van der Waals surface area (Å²) in [5, 5.41) is 3.70. The molecule has 2 atom stereocenters. The summed E-state index contributed by atoms with van der Waals surface area (Å²) < 4.78 is 40.0. The highest BCUT2D eigenvalue weighted by atomic mass is 19.4. The number of aromatic nitrogens is 1. The number of Topliss-reactive ketones (excluding diaryl/α,β-unsaturated/α-hetero) is 1. The number of hydrogen-bond donors (Lipinski definition) is 4. The Hall–Kier alpha value is -3.38. The third-order valence-corrected chi connectivity index (χ3v) is 8.57. The molecule has 2 aromatic carbocycles. The summed E-state index contributed by atoms with van der Waals surface area (Å²) in [5.41, 5.74) is 19.2. The van der Waals surface area contributed by atoms with Crippen molar-refractivity contribution in [2.75, 3.05) is 33.2 Å². The van der Waals surface area contributed by atoms with Gasteiger partial charge in [0.2, 0.25) is 5.91 Å². The molecule has 4 rings (SSSR count). The van der Waals surface area contributed by atoms with Crippen LogP contribution in [0, 0.1) is 5.92 Å². The van der Waals surface area contributed by atoms with Gasteiger partial charge in [-0.25, -0.2) is 0 Å². The van der Waals surface area contributed by atoms with Crippen LogP contribution in [0.2, 0.25) is 0 Å². The van der Waals surface area contributed by atoms with Crippen LogP contribution >= 0.6 is 0 Å². The molecule has 1 aliphatic carbocycles. The number of alkyl halides is 3. The number of pyridine rings is 1. The maximum absolute atomic E-state index is 13.5. The van der Waals surface area contributed by atoms with Gasteiger partial charge in [0.15, 0.2) is 5.78 Å². The Balaban J connectivity index is 1.47. The van der Waals surface area contributed by atoms with Gasteiger partial charge in [-0.15, -0.1) is 0 Å². The summed E-state index contributed by atoms with van der Waals surface area (Å²) in [6, 6.07) is 12.5. The first-order valence-electron chi connectivity index (χ1n) is 14.3. The molecule has 0 unspecified atom stereocenters. The number of fused-ring (bicyclic) bond motifs is 1. The number of nitrogens with zero attached hydrogens (tertiary/aromatic N) is 2. The van der Waals surface area contributed by atoms with Crippen molar-refractivity contribution < 1.29 is 27.2 Å². The second kappa shape index (κ2) is 13.3. The molecule has 7 N–H and O–H groups in total. The van der Waals surface area contributed by atoms with Gasteiger partial charge in [0.25, 0.3) is 0 Å². The average Bonchev–Trinajstić information content (AvgIpc) is 2.91. The van der Waals surface area contributed by atoms with Crippen molar-refractivity contribution >= 4 is 22.6 Å². The van der Waals surface area contributed by atoms with Crippen LogP contribution in [-0.2, 0) is 28.6 Å². The van der Waals surface area contributed by atoms with E-state index >= 15 is 0 Å². The molecule has 1 saturated carbocycles. The standard InChI is InChI=1S/C31H39F3N6O2/c1-40(12-10-35,13-11-36)25-17-23(18-25)29(37)30(42)39-27(15-20-6-8-24(9-7-20)31(32,33)34)28(41)16-21-14-22-4-2-3-5-26(22)38-19-21/h2-9,14,19,23,25,27,29H,10-13,15-18,35-37H2,1H3/p+1/t23?,25?,27-,29-/m0/s1. The first-order valence-corrected chi connectivity index (χ1v) is 14.3. The van der Waals surface area contributed by atoms with E-state index in [1.807, 2.05) is 30.3 Å². The molecule has 0 bridgehead atoms. The van der Waals surface area contributed by atoms with Crippen molar-refractivity contribution in [2.24, 2.45) is 23.1 Å². The van der Waals surface area contributed by atoms with Gasteiger partial charge >= 0.3 is 6.18 Å². The Morgan fingerprint density at radius 2 is 1.67 bits per heavy atom. The topological polar surface area (TPSA) is 137 Å². The van der Waals surface area contributed by atoms with Gasteiger partial charge in [-0.2, -0.15) is 13.2 Å². The lowest BCUT2D eigenvalue weighted by molar-refractivity contribution is -0.937. The molecule has 42 heavy (non-hydrogen) atoms. The second-order valence-electron chi connectivity index (χ2n) is 11.6. The Morgan fingerprint density at radius 1 is 1.02 bits per heavy atom. The zero-order valence-corrected chi connectivity index (χ0v) is 23.8. The molecule has 1 fully saturated rings. The zero-order chi connectivity index (χ0) is 30.5. The molecule has 1 aliphatic rings. The lowest BCUT2D eigenvalue weighted by Gasteiger charge is -2.50. The lowest BCUT2D eigenvalue weighted by Crippen LogP contribution is -2.64. The van der Waals surface area contributed by atoms with Crippen molar-refractivity contribution in [3.8, 4) is 0 Å². The largest absolute Gasteiger partial charge is 0.416 e. The highest BCUT2D eigenvalue weighted by Crippen LogP contribution is 2.37. The van der Waals surface area contributed by atoms with Crippen molar-refractivity contribution in [1.29, 1.82) is 0 Å². The van der Waals surface area contributed by atoms with Crippen molar-refractivity contribution in [3.05, 3.63) is 77.5 Å². The number of nitrogens with two attached hydrogens (primary N) is 3. The van der Waals surface area contributed by atoms with Crippen molar-refractivity contribution in [1.82, 2.24) is 10.3 Å². The molecule has 1 heterocycles. The van der Waals surface area contributed by atoms with E-state index in [4.69, 9.17) is 17.2 Å². The number of ketones is 1. The van der Waals surface area contributed by atoms with Crippen LogP contribution in [0.5, 0.6) is 0 Å². The van der Waals surface area contributed by atoms with E-state index in [-0.39, 0.29) is 24.5 Å². The summed E-state index contributed by atoms with van der Waals surface area (Å²) in [5.74, 6) is -0.796. The number of halogens is 3.